The topological polar surface area (TPSA) is 48.4 Å². The van der Waals surface area contributed by atoms with Crippen LogP contribution < -0.4 is 4.74 Å². The molecule has 3 aromatic rings. The number of piperazine rings is 1. The number of urea groups is 1. The zero-order valence-electron chi connectivity index (χ0n) is 25.0. The Kier molecular flexibility index (Phi) is 11.6. The molecule has 254 valence electrons. The van der Waals surface area contributed by atoms with Gasteiger partial charge in [0.15, 0.2) is 0 Å². The molecule has 1 fully saturated rings. The molecule has 6 nitrogen and oxygen atoms in total. The maximum atomic E-state index is 14.5. The van der Waals surface area contributed by atoms with Gasteiger partial charge in [-0.05, 0) is 60.5 Å². The minimum Gasteiger partial charge on any atom is -0.493 e. The van der Waals surface area contributed by atoms with Crippen LogP contribution in [0.4, 0.5) is 31.1 Å². The number of amidine groups is 1. The van der Waals surface area contributed by atoms with Crippen LogP contribution in [-0.4, -0.2) is 72.1 Å². The first kappa shape index (κ1) is 36.6. The second-order valence-corrected chi connectivity index (χ2v) is 11.8. The lowest BCUT2D eigenvalue weighted by Crippen LogP contribution is -2.54. The summed E-state index contributed by atoms with van der Waals surface area (Å²) in [5, 5.41) is 0.937. The van der Waals surface area contributed by atoms with Crippen molar-refractivity contribution >= 4 is 47.5 Å². The number of aliphatic imine (C=N–C) groups is 1. The van der Waals surface area contributed by atoms with E-state index in [2.05, 4.69) is 0 Å². The van der Waals surface area contributed by atoms with Crippen LogP contribution >= 0.6 is 35.6 Å². The van der Waals surface area contributed by atoms with Gasteiger partial charge in [0.25, 0.3) is 0 Å². The Balaban J connectivity index is 0.00000500. The van der Waals surface area contributed by atoms with Crippen molar-refractivity contribution in [3.63, 3.8) is 0 Å². The Morgan fingerprint density at radius 3 is 1.98 bits per heavy atom. The van der Waals surface area contributed by atoms with E-state index < -0.39 is 42.5 Å². The van der Waals surface area contributed by atoms with Crippen LogP contribution in [0.5, 0.6) is 5.75 Å². The summed E-state index contributed by atoms with van der Waals surface area (Å²) in [5.74, 6) is -0.000896. The predicted molar refractivity (Wildman–Crippen MR) is 171 cm³/mol. The quantitative estimate of drug-likeness (QED) is 0.229. The second-order valence-electron chi connectivity index (χ2n) is 10.9. The molecule has 2 aliphatic rings. The van der Waals surface area contributed by atoms with E-state index >= 15 is 0 Å². The number of carbonyl (C=O) groups excluding carboxylic acids is 1. The molecule has 2 atom stereocenters. The number of amides is 2. The van der Waals surface area contributed by atoms with Gasteiger partial charge >= 0.3 is 18.4 Å². The fourth-order valence-electron chi connectivity index (χ4n) is 5.61. The first-order valence-electron chi connectivity index (χ1n) is 14.6. The summed E-state index contributed by atoms with van der Waals surface area (Å²) in [4.78, 5) is 24.1. The highest BCUT2D eigenvalue weighted by molar-refractivity contribution is 6.30. The normalized spacial score (nSPS) is 19.0. The van der Waals surface area contributed by atoms with Crippen LogP contribution in [0.25, 0.3) is 0 Å². The summed E-state index contributed by atoms with van der Waals surface area (Å²) in [6, 6.07) is 14.8. The van der Waals surface area contributed by atoms with E-state index in [1.807, 2.05) is 0 Å². The number of carbonyl (C=O) groups is 1. The zero-order valence-corrected chi connectivity index (χ0v) is 27.3. The third-order valence-corrected chi connectivity index (χ3v) is 8.40. The molecule has 2 aliphatic heterocycles. The number of hydrogen-bond acceptors (Lipinski definition) is 4. The minimum absolute atomic E-state index is 0. The van der Waals surface area contributed by atoms with Gasteiger partial charge < -0.3 is 9.64 Å². The van der Waals surface area contributed by atoms with Gasteiger partial charge in [-0.25, -0.2) is 4.79 Å². The average Bonchev–Trinajstić information content (AvgIpc) is 3.40. The highest BCUT2D eigenvalue weighted by atomic mass is 35.5. The van der Waals surface area contributed by atoms with Gasteiger partial charge in [-0.2, -0.15) is 26.3 Å². The number of alkyl halides is 6. The maximum absolute atomic E-state index is 14.5. The Labute approximate surface area is 284 Å². The number of hydrogen-bond donors (Lipinski definition) is 0. The van der Waals surface area contributed by atoms with Crippen molar-refractivity contribution in [2.45, 2.75) is 37.8 Å². The number of rotatable bonds is 7. The average molecular weight is 724 g/mol. The van der Waals surface area contributed by atoms with Gasteiger partial charge in [-0.1, -0.05) is 47.5 Å². The zero-order chi connectivity index (χ0) is 33.2. The molecule has 0 spiro atoms. The molecule has 2 amide bonds. The molecule has 2 heterocycles. The molecule has 0 saturated carbocycles. The Bertz CT molecular complexity index is 1560. The van der Waals surface area contributed by atoms with Crippen LogP contribution in [-0.2, 0) is 6.18 Å². The summed E-state index contributed by atoms with van der Waals surface area (Å²) < 4.78 is 85.3. The molecule has 0 bridgehead atoms. The second kappa shape index (κ2) is 14.9. The van der Waals surface area contributed by atoms with E-state index in [0.717, 1.165) is 12.1 Å². The van der Waals surface area contributed by atoms with E-state index in [-0.39, 0.29) is 68.9 Å². The van der Waals surface area contributed by atoms with E-state index in [0.29, 0.717) is 21.2 Å². The first-order chi connectivity index (χ1) is 21.7. The van der Waals surface area contributed by atoms with Gasteiger partial charge in [0.1, 0.15) is 17.6 Å². The summed E-state index contributed by atoms with van der Waals surface area (Å²) in [5.41, 5.74) is 0.612. The van der Waals surface area contributed by atoms with Crippen LogP contribution in [0.15, 0.2) is 71.7 Å². The smallest absolute Gasteiger partial charge is 0.416 e. The molecule has 2 unspecified atom stereocenters. The van der Waals surface area contributed by atoms with Gasteiger partial charge in [-0.3, -0.25) is 14.8 Å². The van der Waals surface area contributed by atoms with Crippen molar-refractivity contribution in [3.8, 4) is 5.75 Å². The van der Waals surface area contributed by atoms with Crippen LogP contribution in [0.3, 0.4) is 0 Å². The summed E-state index contributed by atoms with van der Waals surface area (Å²) in [6.07, 6.45) is -9.89. The van der Waals surface area contributed by atoms with Crippen molar-refractivity contribution < 1.29 is 35.9 Å². The lowest BCUT2D eigenvalue weighted by atomic mass is 9.93. The monoisotopic (exact) mass is 722 g/mol. The third-order valence-electron chi connectivity index (χ3n) is 7.90. The molecule has 0 aromatic heterocycles. The maximum Gasteiger partial charge on any atom is 0.416 e. The molecule has 1 saturated heterocycles. The molecule has 0 radical (unpaired) electrons. The number of ether oxygens (including phenoxy) is 1. The van der Waals surface area contributed by atoms with Crippen LogP contribution in [0, 0.1) is 0 Å². The molecule has 0 aliphatic carbocycles. The van der Waals surface area contributed by atoms with Crippen molar-refractivity contribution in [2.75, 3.05) is 39.3 Å². The van der Waals surface area contributed by atoms with Gasteiger partial charge in [-0.15, -0.1) is 12.4 Å². The molecular weight excluding hydrogens is 693 g/mol. The highest BCUT2D eigenvalue weighted by Crippen LogP contribution is 2.46. The Hall–Kier alpha value is -3.19. The van der Waals surface area contributed by atoms with Gasteiger partial charge in [0, 0.05) is 42.8 Å². The SMILES string of the molecule is CCOc1cc(C(F)(F)F)ccc1C1=NC(c2ccc(Cl)cc2)C(c2ccc(Cl)cc2)N1C(=O)N1CCN(CCC(F)(F)F)CC1.Cl. The lowest BCUT2D eigenvalue weighted by molar-refractivity contribution is -0.139. The number of halogens is 9. The third kappa shape index (κ3) is 8.65. The van der Waals surface area contributed by atoms with Crippen LogP contribution in [0.1, 0.15) is 47.7 Å². The predicted octanol–water partition coefficient (Wildman–Crippen LogP) is 9.07. The fraction of sp³-hybridized carbons (Fsp3) is 0.375. The summed E-state index contributed by atoms with van der Waals surface area (Å²) in [7, 11) is 0. The molecule has 5 rings (SSSR count). The molecule has 15 heteroatoms. The standard InChI is InChI=1S/C32H30Cl2F6N4O2.ClH/c1-2-46-26-19-22(32(38,39)40)7-12-25(26)29-41-27(20-3-8-23(33)9-4-20)28(21-5-10-24(34)11-6-21)44(29)30(45)43-17-15-42(16-18-43)14-13-31(35,36)37;/h3-12,19,27-28H,2,13-18H2,1H3;1H. The van der Waals surface area contributed by atoms with Crippen molar-refractivity contribution in [3.05, 3.63) is 99.0 Å². The summed E-state index contributed by atoms with van der Waals surface area (Å²) >= 11 is 12.4. The van der Waals surface area contributed by atoms with Crippen molar-refractivity contribution in [2.24, 2.45) is 4.99 Å². The van der Waals surface area contributed by atoms with Crippen molar-refractivity contribution in [1.82, 2.24) is 14.7 Å². The molecule has 0 N–H and O–H groups in total. The van der Waals surface area contributed by atoms with E-state index in [9.17, 15) is 31.1 Å². The van der Waals surface area contributed by atoms with E-state index in [1.54, 1.807) is 60.4 Å². The minimum atomic E-state index is -4.64. The molecule has 3 aromatic carbocycles. The first-order valence-corrected chi connectivity index (χ1v) is 15.3. The summed E-state index contributed by atoms with van der Waals surface area (Å²) in [6.45, 7) is 2.23. The van der Waals surface area contributed by atoms with E-state index in [4.69, 9.17) is 32.9 Å². The van der Waals surface area contributed by atoms with E-state index in [1.165, 1.54) is 15.9 Å². The molecule has 47 heavy (non-hydrogen) atoms. The highest BCUT2D eigenvalue weighted by Gasteiger charge is 2.45. The fourth-order valence-corrected chi connectivity index (χ4v) is 5.86. The van der Waals surface area contributed by atoms with Crippen LogP contribution in [0.2, 0.25) is 10.0 Å². The number of nitrogens with zero attached hydrogens (tertiary/aromatic N) is 4. The van der Waals surface area contributed by atoms with Gasteiger partial charge in [0.2, 0.25) is 0 Å². The lowest BCUT2D eigenvalue weighted by Gasteiger charge is -2.39. The number of benzene rings is 3. The Morgan fingerprint density at radius 2 is 1.45 bits per heavy atom. The van der Waals surface area contributed by atoms with Crippen molar-refractivity contribution in [1.29, 1.82) is 0 Å². The van der Waals surface area contributed by atoms with Gasteiger partial charge in [0.05, 0.1) is 30.2 Å². The molecular formula is C32H31Cl3F6N4O2. The largest absolute Gasteiger partial charge is 0.493 e. The Morgan fingerprint density at radius 1 is 0.872 bits per heavy atom.